The minimum Gasteiger partial charge on any atom is -1.00 e. The summed E-state index contributed by atoms with van der Waals surface area (Å²) in [5, 5.41) is 4.29. The average molecular weight is 410 g/mol. The number of allylic oxidation sites excluding steroid dienone is 4. The summed E-state index contributed by atoms with van der Waals surface area (Å²) in [5.74, 6) is 0. The smallest absolute Gasteiger partial charge is 1.00 e. The molecule has 0 amide bonds. The van der Waals surface area contributed by atoms with E-state index in [4.69, 9.17) is 0 Å². The summed E-state index contributed by atoms with van der Waals surface area (Å²) in [6, 6.07) is 14.7. The first kappa shape index (κ1) is 22.5. The Labute approximate surface area is 158 Å². The van der Waals surface area contributed by atoms with Crippen LogP contribution in [0.1, 0.15) is 26.2 Å². The van der Waals surface area contributed by atoms with E-state index in [2.05, 4.69) is 61.5 Å². The third-order valence-corrected chi connectivity index (χ3v) is 6.58. The third-order valence-electron chi connectivity index (χ3n) is 3.93. The Hall–Kier alpha value is -0.517. The second-order valence-electron chi connectivity index (χ2n) is 5.39. The Morgan fingerprint density at radius 1 is 1.17 bits per heavy atom. The maximum atomic E-state index is 3.47. The van der Waals surface area contributed by atoms with E-state index < -0.39 is 0 Å². The van der Waals surface area contributed by atoms with Crippen molar-refractivity contribution in [1.29, 1.82) is 0 Å². The molecule has 2 aliphatic rings. The largest absolute Gasteiger partial charge is 4.00 e. The van der Waals surface area contributed by atoms with Crippen LogP contribution < -0.4 is 9.41 Å². The van der Waals surface area contributed by atoms with Crippen molar-refractivity contribution >= 4 is 18.7 Å². The maximum Gasteiger partial charge on any atom is 4.00 e. The molecule has 0 spiro atoms. The molecule has 0 aromatic heterocycles. The summed E-state index contributed by atoms with van der Waals surface area (Å²) in [7, 11) is 0.293. The summed E-state index contributed by atoms with van der Waals surface area (Å²) >= 11 is 0. The van der Waals surface area contributed by atoms with Crippen molar-refractivity contribution in [3.8, 4) is 0 Å². The van der Waals surface area contributed by atoms with Gasteiger partial charge in [0.15, 0.2) is 0 Å². The van der Waals surface area contributed by atoms with Crippen LogP contribution in [0.2, 0.25) is 0 Å². The predicted octanol–water partition coefficient (Wildman–Crippen LogP) is -0.137. The van der Waals surface area contributed by atoms with Crippen LogP contribution in [-0.2, 0) is 26.2 Å². The molecule has 0 saturated carbocycles. The van der Waals surface area contributed by atoms with Crippen molar-refractivity contribution < 1.29 is 35.6 Å². The molecule has 0 N–H and O–H groups in total. The van der Waals surface area contributed by atoms with E-state index in [0.717, 1.165) is 6.42 Å². The summed E-state index contributed by atoms with van der Waals surface area (Å²) in [4.78, 5) is 0. The summed E-state index contributed by atoms with van der Waals surface area (Å²) in [5.41, 5.74) is 1.63. The van der Waals surface area contributed by atoms with E-state index >= 15 is 0 Å². The molecule has 4 rings (SSSR count). The van der Waals surface area contributed by atoms with E-state index in [1.807, 2.05) is 0 Å². The molecule has 0 radical (unpaired) electrons. The number of rotatable bonds is 3. The van der Waals surface area contributed by atoms with E-state index in [1.54, 1.807) is 10.9 Å². The molecule has 1 atom stereocenters. The van der Waals surface area contributed by atoms with Crippen LogP contribution in [0.4, 0.5) is 0 Å². The Balaban J connectivity index is 0.000000377. The van der Waals surface area contributed by atoms with Gasteiger partial charge in [0, 0.05) is 0 Å². The topological polar surface area (TPSA) is 0 Å². The minimum absolute atomic E-state index is 0. The van der Waals surface area contributed by atoms with Gasteiger partial charge in [0.05, 0.1) is 0 Å². The zero-order valence-electron chi connectivity index (χ0n) is 13.4. The van der Waals surface area contributed by atoms with Crippen LogP contribution in [0.15, 0.2) is 59.4 Å². The number of halogens is 2. The number of benzene rings is 1. The number of fused-ring (bicyclic) bond motifs is 2. The first-order chi connectivity index (χ1) is 9.88. The molecule has 120 valence electrons. The van der Waals surface area contributed by atoms with Crippen molar-refractivity contribution in [2.75, 3.05) is 12.3 Å². The van der Waals surface area contributed by atoms with Gasteiger partial charge in [0.25, 0.3) is 0 Å². The normalized spacial score (nSPS) is 17.0. The maximum absolute atomic E-state index is 3.47. The van der Waals surface area contributed by atoms with E-state index in [-0.39, 0.29) is 35.6 Å². The van der Waals surface area contributed by atoms with Gasteiger partial charge in [-0.05, 0) is 12.6 Å². The standard InChI is InChI=1S/C10H14P.C9H7.2FH.Zr/c1-2-3-7-11-8-9-5-4-6-10(9)11;1-2-5-9-7-3-6-8(9)4-1;;;/h5H,2-4,7-8H2,1H3;1-7H;2*1H;/q2*-1;;;+4/p-2. The molecular weight excluding hydrogens is 388 g/mol. The fourth-order valence-corrected chi connectivity index (χ4v) is 5.30. The average Bonchev–Trinajstić information content (AvgIpc) is 3.07. The van der Waals surface area contributed by atoms with Crippen LogP contribution in [-0.4, -0.2) is 12.3 Å². The second-order valence-corrected chi connectivity index (χ2v) is 7.68. The van der Waals surface area contributed by atoms with Gasteiger partial charge in [-0.3, -0.25) is 6.08 Å². The monoisotopic (exact) mass is 408 g/mol. The molecule has 0 bridgehead atoms. The Bertz CT molecular complexity index is 615. The number of unbranched alkanes of at least 4 members (excludes halogenated alkanes) is 1. The van der Waals surface area contributed by atoms with Crippen LogP contribution in [0.25, 0.3) is 10.8 Å². The zero-order chi connectivity index (χ0) is 13.8. The molecule has 0 nitrogen and oxygen atoms in total. The SMILES string of the molecule is CCCCP1CC2=CC[C-]=C21.[F-].[F-].[Zr+4].c1ccc2[cH-]ccc2c1. The molecular formula is C19H21F2PZr. The van der Waals surface area contributed by atoms with Gasteiger partial charge in [-0.15, -0.1) is 44.0 Å². The number of hydrogen-bond acceptors (Lipinski definition) is 0. The third kappa shape index (κ3) is 5.51. The van der Waals surface area contributed by atoms with Crippen LogP contribution in [0.3, 0.4) is 0 Å². The van der Waals surface area contributed by atoms with Gasteiger partial charge in [0.1, 0.15) is 0 Å². The van der Waals surface area contributed by atoms with Crippen molar-refractivity contribution in [2.24, 2.45) is 0 Å². The first-order valence-electron chi connectivity index (χ1n) is 7.54. The van der Waals surface area contributed by atoms with Gasteiger partial charge in [-0.25, -0.2) is 0 Å². The van der Waals surface area contributed by atoms with E-state index in [9.17, 15) is 0 Å². The summed E-state index contributed by atoms with van der Waals surface area (Å²) < 4.78 is 0. The molecule has 1 unspecified atom stereocenters. The molecule has 1 heterocycles. The molecule has 2 aromatic rings. The van der Waals surface area contributed by atoms with Gasteiger partial charge in [-0.2, -0.15) is 34.5 Å². The first-order valence-corrected chi connectivity index (χ1v) is 9.25. The Morgan fingerprint density at radius 2 is 1.96 bits per heavy atom. The van der Waals surface area contributed by atoms with Crippen molar-refractivity contribution in [2.45, 2.75) is 26.2 Å². The van der Waals surface area contributed by atoms with E-state index in [0.29, 0.717) is 7.92 Å². The Morgan fingerprint density at radius 3 is 2.65 bits per heavy atom. The summed E-state index contributed by atoms with van der Waals surface area (Å²) in [6.45, 7) is 2.28. The van der Waals surface area contributed by atoms with Crippen molar-refractivity contribution in [3.63, 3.8) is 0 Å². The predicted molar refractivity (Wildman–Crippen MR) is 90.6 cm³/mol. The molecule has 1 saturated heterocycles. The second kappa shape index (κ2) is 11.1. The zero-order valence-corrected chi connectivity index (χ0v) is 16.7. The molecule has 1 aliphatic heterocycles. The molecule has 2 aromatic carbocycles. The van der Waals surface area contributed by atoms with E-state index in [1.165, 1.54) is 35.9 Å². The van der Waals surface area contributed by atoms with Gasteiger partial charge < -0.3 is 9.41 Å². The molecule has 4 heteroatoms. The fourth-order valence-electron chi connectivity index (χ4n) is 2.74. The van der Waals surface area contributed by atoms with Gasteiger partial charge >= 0.3 is 26.2 Å². The Kier molecular flexibility index (Phi) is 10.9. The molecule has 23 heavy (non-hydrogen) atoms. The number of hydrogen-bond donors (Lipinski definition) is 0. The van der Waals surface area contributed by atoms with Crippen LogP contribution in [0.5, 0.6) is 0 Å². The quantitative estimate of drug-likeness (QED) is 0.489. The molecule has 1 fully saturated rings. The summed E-state index contributed by atoms with van der Waals surface area (Å²) in [6.07, 6.45) is 12.6. The molecule has 1 aliphatic carbocycles. The van der Waals surface area contributed by atoms with Crippen molar-refractivity contribution in [3.05, 3.63) is 65.5 Å². The minimum atomic E-state index is 0. The van der Waals surface area contributed by atoms with Crippen molar-refractivity contribution in [1.82, 2.24) is 0 Å². The fraction of sp³-hybridized carbons (Fsp3) is 0.316. The van der Waals surface area contributed by atoms with Gasteiger partial charge in [-0.1, -0.05) is 25.6 Å². The van der Waals surface area contributed by atoms with Crippen LogP contribution in [0, 0.1) is 6.08 Å². The van der Waals surface area contributed by atoms with Gasteiger partial charge in [0.2, 0.25) is 0 Å². The van der Waals surface area contributed by atoms with Crippen LogP contribution >= 0.6 is 7.92 Å².